The predicted octanol–water partition coefficient (Wildman–Crippen LogP) is 3.88. The lowest BCUT2D eigenvalue weighted by atomic mass is 10.1. The van der Waals surface area contributed by atoms with E-state index in [0.29, 0.717) is 17.1 Å². The van der Waals surface area contributed by atoms with Crippen LogP contribution < -0.4 is 10.1 Å². The number of carbonyl (C=O) groups excluding carboxylic acids is 1. The van der Waals surface area contributed by atoms with Crippen molar-refractivity contribution in [3.63, 3.8) is 0 Å². The Hall–Kier alpha value is -3.26. The second kappa shape index (κ2) is 9.04. The molecule has 0 radical (unpaired) electrons. The number of benzene rings is 2. The van der Waals surface area contributed by atoms with E-state index in [1.165, 1.54) is 28.9 Å². The third kappa shape index (κ3) is 5.01. The lowest BCUT2D eigenvalue weighted by Crippen LogP contribution is -2.11. The monoisotopic (exact) mass is 423 g/mol. The Morgan fingerprint density at radius 2 is 1.87 bits per heavy atom. The van der Waals surface area contributed by atoms with Gasteiger partial charge in [-0.3, -0.25) is 9.59 Å². The summed E-state index contributed by atoms with van der Waals surface area (Å²) in [5, 5.41) is 20.4. The van der Waals surface area contributed by atoms with Gasteiger partial charge >= 0.3 is 5.97 Å². The van der Waals surface area contributed by atoms with Crippen LogP contribution in [0, 0.1) is 0 Å². The van der Waals surface area contributed by atoms with Crippen molar-refractivity contribution in [1.29, 1.82) is 0 Å². The number of nitrogens with zero attached hydrogens (tertiary/aromatic N) is 2. The first kappa shape index (κ1) is 20.0. The van der Waals surface area contributed by atoms with Gasteiger partial charge in [-0.15, -0.1) is 10.2 Å². The summed E-state index contributed by atoms with van der Waals surface area (Å²) in [4.78, 5) is 23.0. The van der Waals surface area contributed by atoms with Gasteiger partial charge in [0.25, 0.3) is 5.91 Å². The van der Waals surface area contributed by atoms with Crippen molar-refractivity contribution in [1.82, 2.24) is 10.2 Å². The lowest BCUT2D eigenvalue weighted by Gasteiger charge is -2.06. The highest BCUT2D eigenvalue weighted by Crippen LogP contribution is 2.26. The summed E-state index contributed by atoms with van der Waals surface area (Å²) in [7, 11) is 0. The highest BCUT2D eigenvalue weighted by molar-refractivity contribution is 7.13. The van der Waals surface area contributed by atoms with E-state index in [9.17, 15) is 9.59 Å². The minimum Gasteiger partial charge on any atom is -0.486 e. The molecule has 1 heterocycles. The van der Waals surface area contributed by atoms with Crippen molar-refractivity contribution >= 4 is 28.9 Å². The van der Waals surface area contributed by atoms with Crippen LogP contribution in [0.2, 0.25) is 0 Å². The molecule has 0 aliphatic heterocycles. The van der Waals surface area contributed by atoms with Gasteiger partial charge in [-0.25, -0.2) is 0 Å². The Kier molecular flexibility index (Phi) is 6.04. The quantitative estimate of drug-likeness (QED) is 0.570. The standard InChI is InChI=1S/C22H21N3O4S/c26-20(27)11-6-14-4-8-17(9-5-14)23-21(28)22-25-24-19(30-22)13-29-18-10-7-15-2-1-3-16(15)12-18/h4-5,7-10,12H,1-3,6,11,13H2,(H,23,28)(H,26,27). The van der Waals surface area contributed by atoms with Gasteiger partial charge in [-0.1, -0.05) is 29.5 Å². The molecule has 2 N–H and O–H groups in total. The van der Waals surface area contributed by atoms with Crippen LogP contribution in [0.25, 0.3) is 0 Å². The number of carbonyl (C=O) groups is 2. The largest absolute Gasteiger partial charge is 0.486 e. The molecule has 4 rings (SSSR count). The summed E-state index contributed by atoms with van der Waals surface area (Å²) < 4.78 is 5.82. The van der Waals surface area contributed by atoms with E-state index in [0.717, 1.165) is 24.2 Å². The van der Waals surface area contributed by atoms with Crippen LogP contribution in [0.3, 0.4) is 0 Å². The predicted molar refractivity (Wildman–Crippen MR) is 113 cm³/mol. The van der Waals surface area contributed by atoms with Gasteiger partial charge in [0.15, 0.2) is 5.01 Å². The molecule has 2 aromatic carbocycles. The van der Waals surface area contributed by atoms with E-state index in [-0.39, 0.29) is 23.9 Å². The first-order valence-electron chi connectivity index (χ1n) is 9.76. The molecule has 0 saturated carbocycles. The van der Waals surface area contributed by atoms with Gasteiger partial charge in [0.1, 0.15) is 12.4 Å². The minimum atomic E-state index is -0.834. The molecule has 0 saturated heterocycles. The molecule has 0 fully saturated rings. The van der Waals surface area contributed by atoms with Crippen molar-refractivity contribution in [3.8, 4) is 5.75 Å². The molecule has 3 aromatic rings. The van der Waals surface area contributed by atoms with Crippen molar-refractivity contribution in [3.05, 3.63) is 69.2 Å². The summed E-state index contributed by atoms with van der Waals surface area (Å²) >= 11 is 1.19. The zero-order valence-corrected chi connectivity index (χ0v) is 17.1. The zero-order valence-electron chi connectivity index (χ0n) is 16.3. The fourth-order valence-corrected chi connectivity index (χ4v) is 4.03. The number of nitrogens with one attached hydrogen (secondary N) is 1. The van der Waals surface area contributed by atoms with Gasteiger partial charge < -0.3 is 15.2 Å². The number of amides is 1. The minimum absolute atomic E-state index is 0.0762. The summed E-state index contributed by atoms with van der Waals surface area (Å²) in [6.07, 6.45) is 3.95. The highest BCUT2D eigenvalue weighted by atomic mass is 32.1. The number of hydrogen-bond donors (Lipinski definition) is 2. The van der Waals surface area contributed by atoms with E-state index in [4.69, 9.17) is 9.84 Å². The Bertz CT molecular complexity index is 1060. The maximum absolute atomic E-state index is 12.4. The van der Waals surface area contributed by atoms with Crippen LogP contribution >= 0.6 is 11.3 Å². The Morgan fingerprint density at radius 1 is 1.07 bits per heavy atom. The average Bonchev–Trinajstić information content (AvgIpc) is 3.40. The molecule has 30 heavy (non-hydrogen) atoms. The number of hydrogen-bond acceptors (Lipinski definition) is 6. The van der Waals surface area contributed by atoms with Gasteiger partial charge in [0.05, 0.1) is 0 Å². The van der Waals surface area contributed by atoms with Crippen molar-refractivity contribution < 1.29 is 19.4 Å². The van der Waals surface area contributed by atoms with E-state index in [1.54, 1.807) is 24.3 Å². The van der Waals surface area contributed by atoms with E-state index < -0.39 is 5.97 Å². The maximum atomic E-state index is 12.4. The third-order valence-electron chi connectivity index (χ3n) is 4.93. The molecule has 8 heteroatoms. The lowest BCUT2D eigenvalue weighted by molar-refractivity contribution is -0.136. The molecule has 1 aromatic heterocycles. The first-order chi connectivity index (χ1) is 14.6. The van der Waals surface area contributed by atoms with Crippen LogP contribution in [0.5, 0.6) is 5.75 Å². The molecule has 1 amide bonds. The third-order valence-corrected chi connectivity index (χ3v) is 5.83. The Balaban J connectivity index is 1.31. The van der Waals surface area contributed by atoms with Crippen LogP contribution in [0.4, 0.5) is 5.69 Å². The number of ether oxygens (including phenoxy) is 1. The average molecular weight is 423 g/mol. The molecular weight excluding hydrogens is 402 g/mol. The number of carboxylic acids is 1. The molecule has 0 spiro atoms. The second-order valence-electron chi connectivity index (χ2n) is 7.12. The van der Waals surface area contributed by atoms with Crippen LogP contribution in [-0.4, -0.2) is 27.2 Å². The molecule has 0 unspecified atom stereocenters. The summed E-state index contributed by atoms with van der Waals surface area (Å²) in [6.45, 7) is 0.266. The molecule has 1 aliphatic rings. The molecule has 0 bridgehead atoms. The van der Waals surface area contributed by atoms with Gasteiger partial charge in [0, 0.05) is 12.1 Å². The van der Waals surface area contributed by atoms with Crippen molar-refractivity contribution in [2.45, 2.75) is 38.7 Å². The van der Waals surface area contributed by atoms with E-state index >= 15 is 0 Å². The smallest absolute Gasteiger partial charge is 0.303 e. The van der Waals surface area contributed by atoms with E-state index in [2.05, 4.69) is 27.6 Å². The fraction of sp³-hybridized carbons (Fsp3) is 0.273. The van der Waals surface area contributed by atoms with Crippen LogP contribution in [0.1, 0.15) is 44.3 Å². The van der Waals surface area contributed by atoms with Crippen LogP contribution in [0.15, 0.2) is 42.5 Å². The highest BCUT2D eigenvalue weighted by Gasteiger charge is 2.15. The van der Waals surface area contributed by atoms with Gasteiger partial charge in [-0.2, -0.15) is 0 Å². The molecule has 0 atom stereocenters. The summed E-state index contributed by atoms with van der Waals surface area (Å²) in [5.41, 5.74) is 4.26. The molecule has 1 aliphatic carbocycles. The summed E-state index contributed by atoms with van der Waals surface area (Å²) in [6, 6.07) is 13.3. The number of aromatic nitrogens is 2. The summed E-state index contributed by atoms with van der Waals surface area (Å²) in [5.74, 6) is -0.367. The number of rotatable bonds is 8. The van der Waals surface area contributed by atoms with Crippen molar-refractivity contribution in [2.24, 2.45) is 0 Å². The number of fused-ring (bicyclic) bond motifs is 1. The van der Waals surface area contributed by atoms with E-state index in [1.807, 2.05) is 6.07 Å². The maximum Gasteiger partial charge on any atom is 0.303 e. The number of anilines is 1. The second-order valence-corrected chi connectivity index (χ2v) is 8.18. The first-order valence-corrected chi connectivity index (χ1v) is 10.6. The van der Waals surface area contributed by atoms with Gasteiger partial charge in [-0.05, 0) is 66.6 Å². The number of carboxylic acid groups (broad SMARTS) is 1. The topological polar surface area (TPSA) is 101 Å². The molecule has 154 valence electrons. The van der Waals surface area contributed by atoms with Crippen LogP contribution in [-0.2, 0) is 30.7 Å². The Morgan fingerprint density at radius 3 is 2.67 bits per heavy atom. The van der Waals surface area contributed by atoms with Crippen molar-refractivity contribution in [2.75, 3.05) is 5.32 Å². The number of aliphatic carboxylic acids is 1. The van der Waals surface area contributed by atoms with Gasteiger partial charge in [0.2, 0.25) is 5.01 Å². The SMILES string of the molecule is O=C(O)CCc1ccc(NC(=O)c2nnc(COc3ccc4c(c3)CCC4)s2)cc1. The molecule has 7 nitrogen and oxygen atoms in total. The molecular formula is C22H21N3O4S. The zero-order chi connectivity index (χ0) is 20.9. The normalized spacial score (nSPS) is 12.4. The Labute approximate surface area is 177 Å². The fourth-order valence-electron chi connectivity index (χ4n) is 3.38. The number of aryl methyl sites for hydroxylation is 3.